The van der Waals surface area contributed by atoms with E-state index >= 15 is 0 Å². The molecule has 8 aliphatic carbocycles. The van der Waals surface area contributed by atoms with Crippen LogP contribution in [0.5, 0.6) is 0 Å². The van der Waals surface area contributed by atoms with Crippen LogP contribution in [0.25, 0.3) is 5.57 Å². The Morgan fingerprint density at radius 2 is 0.777 bits per heavy atom. The molecule has 0 radical (unpaired) electrons. The van der Waals surface area contributed by atoms with Gasteiger partial charge in [-0.1, -0.05) is 299 Å². The largest absolute Gasteiger partial charge is 0.0622 e. The quantitative estimate of drug-likeness (QED) is 0.0306. The van der Waals surface area contributed by atoms with E-state index in [0.29, 0.717) is 35.1 Å². The van der Waals surface area contributed by atoms with E-state index in [2.05, 4.69) is 256 Å². The molecular weight excluding hydrogens is 1600 g/mol. The van der Waals surface area contributed by atoms with Crippen LogP contribution in [-0.2, 0) is 49.3 Å². The number of fused-ring (bicyclic) bond motifs is 10. The van der Waals surface area contributed by atoms with Crippen molar-refractivity contribution < 1.29 is 70.8 Å². The molecule has 0 aliphatic heterocycles. The maximum absolute atomic E-state index is 12.9. The average molecular weight is 1700 g/mol. The van der Waals surface area contributed by atoms with Crippen LogP contribution in [0.3, 0.4) is 0 Å². The minimum atomic E-state index is -5.67. The zero-order valence-corrected chi connectivity index (χ0v) is 70.8. The van der Waals surface area contributed by atoms with Gasteiger partial charge in [-0.3, -0.25) is 9.59 Å². The van der Waals surface area contributed by atoms with Crippen molar-refractivity contribution in [2.45, 2.75) is 163 Å². The van der Waals surface area contributed by atoms with Gasteiger partial charge in [0.1, 0.15) is 18.0 Å². The summed E-state index contributed by atoms with van der Waals surface area (Å²) in [5, 5.41) is 25.7. The van der Waals surface area contributed by atoms with Crippen molar-refractivity contribution in [1.82, 2.24) is 0 Å². The van der Waals surface area contributed by atoms with Crippen LogP contribution < -0.4 is 37.3 Å². The van der Waals surface area contributed by atoms with E-state index in [9.17, 15) is 31.2 Å². The van der Waals surface area contributed by atoms with Crippen molar-refractivity contribution in [3.05, 3.63) is 288 Å². The number of aryl methyl sites for hydroxylation is 2. The van der Waals surface area contributed by atoms with Crippen LogP contribution in [0.15, 0.2) is 272 Å². The molecule has 0 spiro atoms. The van der Waals surface area contributed by atoms with E-state index in [1.165, 1.54) is 87.6 Å². The number of halogens is 5. The number of alkyl halides is 3. The third kappa shape index (κ3) is 20.2. The van der Waals surface area contributed by atoms with Gasteiger partial charge in [0.25, 0.3) is 0 Å². The van der Waals surface area contributed by atoms with E-state index in [-0.39, 0.29) is 63.1 Å². The molecule has 4 saturated carbocycles. The van der Waals surface area contributed by atoms with Crippen LogP contribution >= 0.6 is 34.9 Å². The van der Waals surface area contributed by atoms with Gasteiger partial charge in [0.15, 0.2) is 0 Å². The van der Waals surface area contributed by atoms with Gasteiger partial charge in [0.05, 0.1) is 0 Å². The molecule has 0 heterocycles. The van der Waals surface area contributed by atoms with Crippen LogP contribution in [-0.4, -0.2) is 55.2 Å². The minimum absolute atomic E-state index is 0.0252. The zero-order valence-electron chi connectivity index (χ0n) is 65.1. The standard InChI is InChI=1S/C28H36O2.C22H29F3O5S.2C18H15P.C7H9BO2.2ClH.Pd/c1-18-5-7-20(8-6-18)24-11-12-25-23-10-9-21-17-22(30-19(2)29)13-15-27(21,3)26(23)14-16-28(24,25)4;1-13(26)29-15-8-10-20(2)14(12-15)4-5-16-17-6-7-19(21(17,3)11-9-18(16)20)30-31(27,28)22(23,24)25;2*1-4-10-16(11-5-1)19(17-12-6-2-7-13-17)18-14-8-3-9-15-18;1-6-2-4-7(5-3-6)8(9)10;;;/h5-9,11,22-23,25-26H,10,12-17H2,1-4H3;4,7,15-18H,5-6,8-12H2,1-3H3;2*1-15H;2-5,9-10H,1H3;2*1H;/q;;;;;;;+2/p-2/t22-,23-,25-,26-,27-,28+;15-,16-,17-,18-,20-,21-;;;;;;/m00....../s1. The molecule has 112 heavy (non-hydrogen) atoms. The Bertz CT molecular complexity index is 4360. The van der Waals surface area contributed by atoms with Crippen LogP contribution in [0.4, 0.5) is 13.2 Å². The number of ether oxygens (including phenoxy) is 2. The van der Waals surface area contributed by atoms with Crippen LogP contribution in [0.1, 0.15) is 148 Å². The van der Waals surface area contributed by atoms with Gasteiger partial charge < -0.3 is 23.7 Å². The van der Waals surface area contributed by atoms with E-state index in [0.717, 1.165) is 68.3 Å². The fraction of sp³-hybridized carbons (Fsp3) is 0.376. The zero-order chi connectivity index (χ0) is 80.0. The molecule has 0 aromatic heterocycles. The average Bonchev–Trinajstić information content (AvgIpc) is 1.45. The first-order valence-electron chi connectivity index (χ1n) is 39.0. The summed E-state index contributed by atoms with van der Waals surface area (Å²) in [5.74, 6) is 2.54. The maximum atomic E-state index is 12.9. The molecule has 19 heteroatoms. The van der Waals surface area contributed by atoms with Gasteiger partial charge in [-0.2, -0.15) is 21.6 Å². The van der Waals surface area contributed by atoms with Crippen LogP contribution in [0, 0.1) is 71.0 Å². The van der Waals surface area contributed by atoms with Crippen molar-refractivity contribution in [1.29, 1.82) is 0 Å². The number of esters is 2. The normalized spacial score (nSPS) is 26.4. The van der Waals surface area contributed by atoms with E-state index < -0.39 is 44.0 Å². The Morgan fingerprint density at radius 3 is 1.12 bits per heavy atom. The summed E-state index contributed by atoms with van der Waals surface area (Å²) >= 11 is -0.106. The topological polar surface area (TPSA) is 136 Å². The summed E-state index contributed by atoms with van der Waals surface area (Å²) in [6.45, 7) is 16.3. The Labute approximate surface area is 681 Å². The van der Waals surface area contributed by atoms with Crippen LogP contribution in [0.2, 0.25) is 0 Å². The van der Waals surface area contributed by atoms with Gasteiger partial charge in [-0.25, -0.2) is 0 Å². The molecule has 0 saturated heterocycles. The number of rotatable bonds is 12. The number of carbonyl (C=O) groups excluding carboxylic acids is 2. The van der Waals surface area contributed by atoms with Gasteiger partial charge >= 0.3 is 69.7 Å². The molecule has 8 aliphatic rings. The second-order valence-electron chi connectivity index (χ2n) is 31.9. The third-order valence-electron chi connectivity index (χ3n) is 25.2. The first-order chi connectivity index (χ1) is 53.6. The Kier molecular flexibility index (Phi) is 29.5. The Balaban J connectivity index is 0.000000143. The smallest absolute Gasteiger partial charge is 0.0134 e. The number of allylic oxidation sites excluding steroid dienone is 6. The fourth-order valence-corrected chi connectivity index (χ4v) is 24.8. The fourth-order valence-electron chi connectivity index (χ4n) is 19.6. The second kappa shape index (κ2) is 38.4. The number of benzene rings is 8. The molecule has 12 atom stereocenters. The molecule has 0 unspecified atom stereocenters. The summed E-state index contributed by atoms with van der Waals surface area (Å²) in [5.41, 5.74) is 3.36. The van der Waals surface area contributed by atoms with Crippen molar-refractivity contribution in [2.75, 3.05) is 0 Å². The molecule has 8 aromatic rings. The molecule has 594 valence electrons. The molecule has 2 N–H and O–H groups in total. The number of hydrogen-bond donors (Lipinski definition) is 2. The molecule has 0 amide bonds. The van der Waals surface area contributed by atoms with Gasteiger partial charge in [0, 0.05) is 32.1 Å². The van der Waals surface area contributed by atoms with Gasteiger partial charge in [-0.15, -0.1) is 0 Å². The molecule has 9 nitrogen and oxygen atoms in total. The van der Waals surface area contributed by atoms with Gasteiger partial charge in [-0.05, 0) is 213 Å². The Morgan fingerprint density at radius 1 is 0.455 bits per heavy atom. The summed E-state index contributed by atoms with van der Waals surface area (Å²) < 4.78 is 77.5. The SMILES string of the molecule is CC(=O)O[C@H]1CC[C@@]2(C)C(=CC[C@@H]3[C@@H]2CC[C@]2(C)C(OS(=O)(=O)C(F)(F)F)=CC[C@@H]32)C1.CC(=O)O[C@H]1CC[C@@]2(C)C(=CC[C@@H]3[C@@H]2CC[C@]2(C)C(c4ccc(C)cc4)=CC[C@@H]32)C1.Cc1ccc(B(O)O)cc1.[Cl][Pd][Cl].c1ccc(P(c2ccccc2)c2ccccc2)cc1.c1ccc(P(c2ccccc2)c2ccccc2)cc1. The van der Waals surface area contributed by atoms with E-state index in [1.807, 2.05) is 26.0 Å². The molecular formula is C93H104BCl2F3O9P2PdS. The summed E-state index contributed by atoms with van der Waals surface area (Å²) in [4.78, 5) is 22.8. The first kappa shape index (κ1) is 86.2. The molecule has 8 aromatic carbocycles. The van der Waals surface area contributed by atoms with Gasteiger partial charge in [0.2, 0.25) is 0 Å². The number of hydrogen-bond acceptors (Lipinski definition) is 9. The van der Waals surface area contributed by atoms with Crippen molar-refractivity contribution in [3.8, 4) is 0 Å². The summed E-state index contributed by atoms with van der Waals surface area (Å²) in [7, 11) is 1.72. The predicted molar refractivity (Wildman–Crippen MR) is 452 cm³/mol. The second-order valence-corrected chi connectivity index (χ2v) is 40.2. The van der Waals surface area contributed by atoms with E-state index in [1.54, 1.807) is 36.3 Å². The minimum Gasteiger partial charge on any atom is -0.0622 e. The molecule has 16 rings (SSSR count). The summed E-state index contributed by atoms with van der Waals surface area (Å²) in [6, 6.07) is 80.9. The molecule has 0 bridgehead atoms. The monoisotopic (exact) mass is 1700 g/mol. The summed E-state index contributed by atoms with van der Waals surface area (Å²) in [6.07, 6.45) is 22.3. The first-order valence-corrected chi connectivity index (χ1v) is 47.1. The Hall–Kier alpha value is -6.71. The van der Waals surface area contributed by atoms with Crippen molar-refractivity contribution >= 4 is 107 Å². The molecule has 4 fully saturated rings. The van der Waals surface area contributed by atoms with E-state index in [4.69, 9.17) is 38.6 Å². The maximum Gasteiger partial charge on any atom is -0.0134 e. The van der Waals surface area contributed by atoms with Crippen molar-refractivity contribution in [2.24, 2.45) is 57.2 Å². The van der Waals surface area contributed by atoms with Crippen molar-refractivity contribution in [3.63, 3.8) is 0 Å². The predicted octanol–water partition coefficient (Wildman–Crippen LogP) is 20.1. The number of carbonyl (C=O) groups is 2. The third-order valence-corrected chi connectivity index (χ3v) is 31.0.